The summed E-state index contributed by atoms with van der Waals surface area (Å²) in [6, 6.07) is 15.7. The van der Waals surface area contributed by atoms with Crippen LogP contribution >= 0.6 is 0 Å². The van der Waals surface area contributed by atoms with Crippen molar-refractivity contribution in [2.75, 3.05) is 19.6 Å². The molecular formula is C26H34N2O3Si. The number of hydrogen-bond donors (Lipinski definition) is 0. The molecule has 0 N–H and O–H groups in total. The van der Waals surface area contributed by atoms with E-state index in [4.69, 9.17) is 4.43 Å². The molecule has 0 bridgehead atoms. The maximum Gasteiger partial charge on any atom is 0.261 e. The highest BCUT2D eigenvalue weighted by Crippen LogP contribution is 2.38. The number of fused-ring (bicyclic) bond motifs is 2. The fourth-order valence-electron chi connectivity index (χ4n) is 4.33. The Kier molecular flexibility index (Phi) is 6.14. The van der Waals surface area contributed by atoms with Gasteiger partial charge in [0.05, 0.1) is 23.8 Å². The summed E-state index contributed by atoms with van der Waals surface area (Å²) in [5.74, 6) is -0.420. The standard InChI is InChI=1S/C26H34N2O3Si/c1-26(2,3)32(4,5)31-21(17-27-15-14-19-10-6-7-11-20(19)16-27)18-28-24(29)22-12-8-9-13-23(22)25(28)30/h6-13,21H,14-18H2,1-5H3/t21-/m1/s1. The van der Waals surface area contributed by atoms with Crippen LogP contribution < -0.4 is 0 Å². The number of imide groups is 1. The molecule has 0 spiro atoms. The molecule has 2 aliphatic heterocycles. The third-order valence-electron chi connectivity index (χ3n) is 7.20. The lowest BCUT2D eigenvalue weighted by molar-refractivity contribution is 0.0486. The van der Waals surface area contributed by atoms with E-state index in [1.54, 1.807) is 12.1 Å². The van der Waals surface area contributed by atoms with E-state index in [9.17, 15) is 9.59 Å². The number of carbonyl (C=O) groups is 2. The molecule has 4 rings (SSSR count). The van der Waals surface area contributed by atoms with Crippen LogP contribution in [0.25, 0.3) is 0 Å². The minimum Gasteiger partial charge on any atom is -0.411 e. The van der Waals surface area contributed by atoms with Crippen LogP contribution in [0.2, 0.25) is 18.1 Å². The highest BCUT2D eigenvalue weighted by atomic mass is 28.4. The highest BCUT2D eigenvalue weighted by Gasteiger charge is 2.42. The predicted molar refractivity (Wildman–Crippen MR) is 129 cm³/mol. The van der Waals surface area contributed by atoms with E-state index in [-0.39, 0.29) is 29.5 Å². The normalized spacial score (nSPS) is 18.0. The Labute approximate surface area is 192 Å². The Morgan fingerprint density at radius 3 is 2.06 bits per heavy atom. The smallest absolute Gasteiger partial charge is 0.261 e. The third kappa shape index (κ3) is 4.44. The first-order valence-electron chi connectivity index (χ1n) is 11.5. The Morgan fingerprint density at radius 2 is 1.47 bits per heavy atom. The van der Waals surface area contributed by atoms with E-state index >= 15 is 0 Å². The Hall–Kier alpha value is -2.28. The van der Waals surface area contributed by atoms with Crippen molar-refractivity contribution in [1.29, 1.82) is 0 Å². The van der Waals surface area contributed by atoms with Gasteiger partial charge in [-0.2, -0.15) is 0 Å². The van der Waals surface area contributed by atoms with Crippen molar-refractivity contribution in [3.05, 3.63) is 70.8 Å². The second-order valence-corrected chi connectivity index (χ2v) is 15.3. The van der Waals surface area contributed by atoms with Crippen LogP contribution in [0.4, 0.5) is 0 Å². The van der Waals surface area contributed by atoms with Crippen molar-refractivity contribution in [2.24, 2.45) is 0 Å². The van der Waals surface area contributed by atoms with E-state index in [0.717, 1.165) is 19.5 Å². The minimum atomic E-state index is -2.10. The van der Waals surface area contributed by atoms with Crippen LogP contribution in [-0.2, 0) is 17.4 Å². The van der Waals surface area contributed by atoms with Crippen molar-refractivity contribution < 1.29 is 14.0 Å². The second kappa shape index (κ2) is 8.58. The molecule has 0 aromatic heterocycles. The Balaban J connectivity index is 1.55. The number of rotatable bonds is 6. The van der Waals surface area contributed by atoms with Gasteiger partial charge >= 0.3 is 0 Å². The van der Waals surface area contributed by atoms with Crippen LogP contribution in [0.3, 0.4) is 0 Å². The largest absolute Gasteiger partial charge is 0.411 e. The first kappa shape index (κ1) is 22.9. The molecule has 0 unspecified atom stereocenters. The molecule has 1 atom stereocenters. The zero-order valence-electron chi connectivity index (χ0n) is 19.9. The number of hydrogen-bond acceptors (Lipinski definition) is 4. The van der Waals surface area contributed by atoms with Gasteiger partial charge in [-0.25, -0.2) is 0 Å². The molecule has 2 heterocycles. The molecule has 170 valence electrons. The number of benzene rings is 2. The van der Waals surface area contributed by atoms with Gasteiger partial charge in [-0.15, -0.1) is 0 Å². The maximum absolute atomic E-state index is 13.0. The fraction of sp³-hybridized carbons (Fsp3) is 0.462. The lowest BCUT2D eigenvalue weighted by atomic mass is 10.00. The van der Waals surface area contributed by atoms with E-state index in [1.807, 2.05) is 12.1 Å². The summed E-state index contributed by atoms with van der Waals surface area (Å²) in [4.78, 5) is 29.8. The van der Waals surface area contributed by atoms with Gasteiger partial charge in [-0.1, -0.05) is 57.2 Å². The van der Waals surface area contributed by atoms with Gasteiger partial charge in [0.15, 0.2) is 8.32 Å². The second-order valence-electron chi connectivity index (χ2n) is 10.5. The topological polar surface area (TPSA) is 49.9 Å². The van der Waals surface area contributed by atoms with E-state index in [1.165, 1.54) is 16.0 Å². The first-order chi connectivity index (χ1) is 15.1. The van der Waals surface area contributed by atoms with Crippen molar-refractivity contribution >= 4 is 20.1 Å². The molecule has 2 amide bonds. The molecule has 2 aliphatic rings. The summed E-state index contributed by atoms with van der Waals surface area (Å²) >= 11 is 0. The summed E-state index contributed by atoms with van der Waals surface area (Å²) in [6.45, 7) is 13.9. The average Bonchev–Trinajstić information content (AvgIpc) is 2.98. The minimum absolute atomic E-state index is 0.0434. The fourth-order valence-corrected chi connectivity index (χ4v) is 5.67. The van der Waals surface area contributed by atoms with Crippen molar-refractivity contribution in [1.82, 2.24) is 9.80 Å². The van der Waals surface area contributed by atoms with E-state index in [0.29, 0.717) is 17.7 Å². The number of nitrogens with zero attached hydrogens (tertiary/aromatic N) is 2. The summed E-state index contributed by atoms with van der Waals surface area (Å²) in [5.41, 5.74) is 3.75. The van der Waals surface area contributed by atoms with Crippen LogP contribution in [0.15, 0.2) is 48.5 Å². The van der Waals surface area contributed by atoms with Crippen LogP contribution in [0, 0.1) is 0 Å². The molecule has 0 fully saturated rings. The zero-order valence-corrected chi connectivity index (χ0v) is 20.9. The Bertz CT molecular complexity index is 993. The van der Waals surface area contributed by atoms with Crippen molar-refractivity contribution in [2.45, 2.75) is 58.0 Å². The first-order valence-corrected chi connectivity index (χ1v) is 14.4. The summed E-state index contributed by atoms with van der Waals surface area (Å²) in [5, 5.41) is 0.0434. The van der Waals surface area contributed by atoms with E-state index < -0.39 is 8.32 Å². The van der Waals surface area contributed by atoms with Gasteiger partial charge < -0.3 is 4.43 Å². The SMILES string of the molecule is CC(C)(C)[Si](C)(C)O[C@H](CN1CCc2ccccc2C1)CN1C(=O)c2ccccc2C1=O. The molecule has 0 saturated heterocycles. The molecule has 0 saturated carbocycles. The lowest BCUT2D eigenvalue weighted by Crippen LogP contribution is -2.52. The number of amides is 2. The van der Waals surface area contributed by atoms with Crippen molar-refractivity contribution in [3.8, 4) is 0 Å². The molecular weight excluding hydrogens is 416 g/mol. The van der Waals surface area contributed by atoms with Crippen LogP contribution in [0.5, 0.6) is 0 Å². The summed E-state index contributed by atoms with van der Waals surface area (Å²) < 4.78 is 6.80. The molecule has 0 radical (unpaired) electrons. The number of carbonyl (C=O) groups excluding carboxylic acids is 2. The van der Waals surface area contributed by atoms with Gasteiger partial charge in [-0.3, -0.25) is 19.4 Å². The Morgan fingerprint density at radius 1 is 0.906 bits per heavy atom. The molecule has 6 heteroatoms. The third-order valence-corrected chi connectivity index (χ3v) is 11.7. The molecule has 5 nitrogen and oxygen atoms in total. The van der Waals surface area contributed by atoms with Gasteiger partial charge in [0, 0.05) is 19.6 Å². The maximum atomic E-state index is 13.0. The molecule has 2 aromatic carbocycles. The quantitative estimate of drug-likeness (QED) is 0.472. The molecule has 2 aromatic rings. The average molecular weight is 451 g/mol. The van der Waals surface area contributed by atoms with E-state index in [2.05, 4.69) is 63.0 Å². The zero-order chi connectivity index (χ0) is 23.1. The van der Waals surface area contributed by atoms with Gasteiger partial charge in [0.2, 0.25) is 0 Å². The summed E-state index contributed by atoms with van der Waals surface area (Å²) in [6.07, 6.45) is 0.791. The van der Waals surface area contributed by atoms with Crippen molar-refractivity contribution in [3.63, 3.8) is 0 Å². The van der Waals surface area contributed by atoms with Gasteiger partial charge in [-0.05, 0) is 47.8 Å². The monoisotopic (exact) mass is 450 g/mol. The van der Waals surface area contributed by atoms with Gasteiger partial charge in [0.25, 0.3) is 11.8 Å². The lowest BCUT2D eigenvalue weighted by Gasteiger charge is -2.41. The highest BCUT2D eigenvalue weighted by molar-refractivity contribution is 6.74. The summed E-state index contributed by atoms with van der Waals surface area (Å²) in [7, 11) is -2.10. The van der Waals surface area contributed by atoms with Crippen LogP contribution in [0.1, 0.15) is 52.6 Å². The van der Waals surface area contributed by atoms with Crippen LogP contribution in [-0.4, -0.2) is 55.7 Å². The predicted octanol–water partition coefficient (Wildman–Crippen LogP) is 4.73. The van der Waals surface area contributed by atoms with Gasteiger partial charge in [0.1, 0.15) is 0 Å². The molecule has 0 aliphatic carbocycles. The molecule has 32 heavy (non-hydrogen) atoms.